The highest BCUT2D eigenvalue weighted by Crippen LogP contribution is 2.35. The summed E-state index contributed by atoms with van der Waals surface area (Å²) in [6.45, 7) is 2.90. The number of hydrogen-bond acceptors (Lipinski definition) is 5. The van der Waals surface area contributed by atoms with E-state index in [1.54, 1.807) is 29.5 Å². The number of sulfonamides is 1. The molecule has 1 N–H and O–H groups in total. The van der Waals surface area contributed by atoms with Crippen molar-refractivity contribution in [3.63, 3.8) is 0 Å². The minimum atomic E-state index is -3.57. The molecule has 1 aromatic carbocycles. The van der Waals surface area contributed by atoms with Crippen LogP contribution >= 0.6 is 11.3 Å². The number of anilines is 1. The fraction of sp³-hybridized carbons (Fsp3) is 0.429. The van der Waals surface area contributed by atoms with Gasteiger partial charge in [0.05, 0.1) is 11.4 Å². The Labute approximate surface area is 180 Å². The van der Waals surface area contributed by atoms with Gasteiger partial charge in [-0.15, -0.1) is 11.3 Å². The van der Waals surface area contributed by atoms with Gasteiger partial charge < -0.3 is 5.32 Å². The standard InChI is InChI=1S/C21H25N3O4S2/c1-15(25)24-19-8-7-18(30(27,28)23-9-3-2-4-10-23)12-16(19)13-20(24)21(26)22-14-17-6-5-11-29-17/h5-8,11-12,20H,2-4,9-10,13-14H2,1H3,(H,22,26)/t20-/m0/s1. The van der Waals surface area contributed by atoms with Crippen molar-refractivity contribution in [2.24, 2.45) is 0 Å². The summed E-state index contributed by atoms with van der Waals surface area (Å²) in [5.41, 5.74) is 1.32. The zero-order valence-corrected chi connectivity index (χ0v) is 18.5. The summed E-state index contributed by atoms with van der Waals surface area (Å²) in [6.07, 6.45) is 3.09. The van der Waals surface area contributed by atoms with Crippen LogP contribution in [-0.4, -0.2) is 43.7 Å². The molecule has 0 saturated carbocycles. The van der Waals surface area contributed by atoms with Crippen molar-refractivity contribution in [2.45, 2.75) is 50.1 Å². The van der Waals surface area contributed by atoms with Crippen molar-refractivity contribution in [3.8, 4) is 0 Å². The first-order valence-corrected chi connectivity index (χ1v) is 12.4. The van der Waals surface area contributed by atoms with Crippen LogP contribution in [0.15, 0.2) is 40.6 Å². The Morgan fingerprint density at radius 1 is 1.17 bits per heavy atom. The molecule has 9 heteroatoms. The van der Waals surface area contributed by atoms with E-state index < -0.39 is 16.1 Å². The molecule has 160 valence electrons. The van der Waals surface area contributed by atoms with Gasteiger partial charge in [-0.05, 0) is 48.1 Å². The Kier molecular flexibility index (Phi) is 5.95. The Morgan fingerprint density at radius 2 is 1.93 bits per heavy atom. The molecule has 0 radical (unpaired) electrons. The molecule has 2 aliphatic rings. The van der Waals surface area contributed by atoms with E-state index in [-0.39, 0.29) is 16.7 Å². The third-order valence-corrected chi connectivity index (χ3v) is 8.42. The lowest BCUT2D eigenvalue weighted by atomic mass is 10.1. The van der Waals surface area contributed by atoms with Crippen LogP contribution in [0.3, 0.4) is 0 Å². The fourth-order valence-electron chi connectivity index (χ4n) is 4.15. The number of piperidine rings is 1. The van der Waals surface area contributed by atoms with Gasteiger partial charge in [0.25, 0.3) is 0 Å². The molecule has 0 bridgehead atoms. The number of amides is 2. The fourth-order valence-corrected chi connectivity index (χ4v) is 6.36. The average molecular weight is 448 g/mol. The van der Waals surface area contributed by atoms with Crippen molar-refractivity contribution in [2.75, 3.05) is 18.0 Å². The van der Waals surface area contributed by atoms with Crippen LogP contribution in [0.5, 0.6) is 0 Å². The smallest absolute Gasteiger partial charge is 0.243 e. The van der Waals surface area contributed by atoms with Gasteiger partial charge in [0, 0.05) is 37.0 Å². The van der Waals surface area contributed by atoms with Crippen LogP contribution in [0.4, 0.5) is 5.69 Å². The molecule has 1 fully saturated rings. The highest BCUT2D eigenvalue weighted by atomic mass is 32.2. The quantitative estimate of drug-likeness (QED) is 0.763. The van der Waals surface area contributed by atoms with Gasteiger partial charge in [-0.1, -0.05) is 12.5 Å². The van der Waals surface area contributed by atoms with Gasteiger partial charge in [0.2, 0.25) is 21.8 Å². The van der Waals surface area contributed by atoms with E-state index in [4.69, 9.17) is 0 Å². The first-order valence-electron chi connectivity index (χ1n) is 10.1. The molecule has 30 heavy (non-hydrogen) atoms. The number of thiophene rings is 1. The second-order valence-corrected chi connectivity index (χ2v) is 10.6. The molecule has 4 rings (SSSR count). The molecule has 2 aliphatic heterocycles. The van der Waals surface area contributed by atoms with Gasteiger partial charge in [0.1, 0.15) is 6.04 Å². The molecule has 1 aromatic heterocycles. The number of rotatable bonds is 5. The lowest BCUT2D eigenvalue weighted by Gasteiger charge is -2.26. The van der Waals surface area contributed by atoms with E-state index in [0.717, 1.165) is 24.1 Å². The van der Waals surface area contributed by atoms with Gasteiger partial charge in [-0.3, -0.25) is 14.5 Å². The first kappa shape index (κ1) is 21.0. The summed E-state index contributed by atoms with van der Waals surface area (Å²) < 4.78 is 27.6. The van der Waals surface area contributed by atoms with E-state index in [2.05, 4.69) is 5.32 Å². The maximum atomic E-state index is 13.0. The lowest BCUT2D eigenvalue weighted by molar-refractivity contribution is -0.125. The van der Waals surface area contributed by atoms with Crippen LogP contribution < -0.4 is 10.2 Å². The SMILES string of the molecule is CC(=O)N1c2ccc(S(=O)(=O)N3CCCCC3)cc2C[C@H]1C(=O)NCc1cccs1. The van der Waals surface area contributed by atoms with Crippen LogP contribution in [0.2, 0.25) is 0 Å². The predicted octanol–water partition coefficient (Wildman–Crippen LogP) is 2.52. The van der Waals surface area contributed by atoms with Crippen molar-refractivity contribution >= 4 is 38.9 Å². The molecule has 2 amide bonds. The van der Waals surface area contributed by atoms with Gasteiger partial charge in [-0.2, -0.15) is 4.31 Å². The number of fused-ring (bicyclic) bond motifs is 1. The van der Waals surface area contributed by atoms with Crippen molar-refractivity contribution in [3.05, 3.63) is 46.2 Å². The molecule has 0 aliphatic carbocycles. The molecule has 7 nitrogen and oxygen atoms in total. The van der Waals surface area contributed by atoms with E-state index in [1.807, 2.05) is 17.5 Å². The van der Waals surface area contributed by atoms with E-state index in [1.165, 1.54) is 16.1 Å². The van der Waals surface area contributed by atoms with Crippen LogP contribution in [0, 0.1) is 0 Å². The van der Waals surface area contributed by atoms with Gasteiger partial charge in [-0.25, -0.2) is 8.42 Å². The van der Waals surface area contributed by atoms with Crippen LogP contribution in [-0.2, 0) is 32.6 Å². The topological polar surface area (TPSA) is 86.8 Å². The molecule has 0 unspecified atom stereocenters. The summed E-state index contributed by atoms with van der Waals surface area (Å²) in [5.74, 6) is -0.480. The highest BCUT2D eigenvalue weighted by molar-refractivity contribution is 7.89. The molecule has 2 aromatic rings. The van der Waals surface area contributed by atoms with Crippen molar-refractivity contribution < 1.29 is 18.0 Å². The summed E-state index contributed by atoms with van der Waals surface area (Å²) in [5, 5.41) is 4.84. The first-order chi connectivity index (χ1) is 14.4. The normalized spacial score (nSPS) is 19.5. The Morgan fingerprint density at radius 3 is 2.60 bits per heavy atom. The lowest BCUT2D eigenvalue weighted by Crippen LogP contribution is -2.47. The van der Waals surface area contributed by atoms with Crippen molar-refractivity contribution in [1.29, 1.82) is 0 Å². The van der Waals surface area contributed by atoms with Crippen LogP contribution in [0.1, 0.15) is 36.6 Å². The number of carbonyl (C=O) groups excluding carboxylic acids is 2. The Hall–Kier alpha value is -2.23. The second kappa shape index (κ2) is 8.49. The number of hydrogen-bond donors (Lipinski definition) is 1. The number of nitrogens with zero attached hydrogens (tertiary/aromatic N) is 2. The van der Waals surface area contributed by atoms with Gasteiger partial charge in [0.15, 0.2) is 0 Å². The van der Waals surface area contributed by atoms with E-state index in [0.29, 0.717) is 37.3 Å². The summed E-state index contributed by atoms with van der Waals surface area (Å²) in [7, 11) is -3.57. The maximum absolute atomic E-state index is 13.0. The zero-order valence-electron chi connectivity index (χ0n) is 16.8. The minimum absolute atomic E-state index is 0.228. The third kappa shape index (κ3) is 4.01. The number of nitrogens with one attached hydrogen (secondary N) is 1. The summed E-state index contributed by atoms with van der Waals surface area (Å²) >= 11 is 1.55. The van der Waals surface area contributed by atoms with Crippen LogP contribution in [0.25, 0.3) is 0 Å². The third-order valence-electron chi connectivity index (χ3n) is 5.65. The summed E-state index contributed by atoms with van der Waals surface area (Å²) in [6, 6.07) is 8.01. The number of benzene rings is 1. The molecule has 1 atom stereocenters. The maximum Gasteiger partial charge on any atom is 0.243 e. The highest BCUT2D eigenvalue weighted by Gasteiger charge is 2.38. The van der Waals surface area contributed by atoms with E-state index >= 15 is 0 Å². The average Bonchev–Trinajstić information content (AvgIpc) is 3.39. The molecule has 1 saturated heterocycles. The second-order valence-electron chi connectivity index (χ2n) is 7.66. The zero-order chi connectivity index (χ0) is 21.3. The molecular weight excluding hydrogens is 422 g/mol. The number of carbonyl (C=O) groups is 2. The molecular formula is C21H25N3O4S2. The van der Waals surface area contributed by atoms with Gasteiger partial charge >= 0.3 is 0 Å². The molecule has 3 heterocycles. The van der Waals surface area contributed by atoms with E-state index in [9.17, 15) is 18.0 Å². The van der Waals surface area contributed by atoms with Crippen molar-refractivity contribution in [1.82, 2.24) is 9.62 Å². The summed E-state index contributed by atoms with van der Waals surface area (Å²) in [4.78, 5) is 27.9. The Balaban J connectivity index is 1.57. The monoisotopic (exact) mass is 447 g/mol. The minimum Gasteiger partial charge on any atom is -0.349 e. The Bertz CT molecular complexity index is 1040. The largest absolute Gasteiger partial charge is 0.349 e. The molecule has 0 spiro atoms. The predicted molar refractivity (Wildman–Crippen MR) is 116 cm³/mol.